The van der Waals surface area contributed by atoms with Gasteiger partial charge in [-0.15, -0.1) is 0 Å². The molecule has 2 aromatic heterocycles. The van der Waals surface area contributed by atoms with E-state index in [1.54, 1.807) is 0 Å². The first-order valence-electron chi connectivity index (χ1n) is 7.54. The van der Waals surface area contributed by atoms with Gasteiger partial charge >= 0.3 is 0 Å². The molecule has 0 radical (unpaired) electrons. The van der Waals surface area contributed by atoms with Crippen LogP contribution in [-0.2, 0) is 0 Å². The van der Waals surface area contributed by atoms with Gasteiger partial charge in [0.05, 0.1) is 0 Å². The molecule has 0 spiro atoms. The van der Waals surface area contributed by atoms with Crippen LogP contribution in [0.2, 0.25) is 0 Å². The largest absolute Gasteiger partial charge is 0.323 e. The standard InChI is InChI=1S/C21H17N/c1-16-6-5-13-22-15-17(14-21(16)22)11-12-19-9-4-8-18-7-2-3-10-20(18)19/h2-15H,1H3. The third-order valence-corrected chi connectivity index (χ3v) is 4.15. The van der Waals surface area contributed by atoms with Gasteiger partial charge in [0.1, 0.15) is 0 Å². The van der Waals surface area contributed by atoms with Gasteiger partial charge in [-0.2, -0.15) is 0 Å². The molecule has 1 heteroatoms. The fourth-order valence-corrected chi connectivity index (χ4v) is 2.98. The molecule has 2 heterocycles. The van der Waals surface area contributed by atoms with E-state index < -0.39 is 0 Å². The molecule has 0 aliphatic carbocycles. The van der Waals surface area contributed by atoms with Crippen LogP contribution in [0.25, 0.3) is 28.4 Å². The van der Waals surface area contributed by atoms with E-state index in [1.807, 2.05) is 0 Å². The second-order valence-electron chi connectivity index (χ2n) is 5.66. The van der Waals surface area contributed by atoms with E-state index in [4.69, 9.17) is 0 Å². The lowest BCUT2D eigenvalue weighted by atomic mass is 10.0. The molecule has 0 amide bonds. The second-order valence-corrected chi connectivity index (χ2v) is 5.66. The summed E-state index contributed by atoms with van der Waals surface area (Å²) in [4.78, 5) is 0. The molecule has 0 aliphatic heterocycles. The van der Waals surface area contributed by atoms with E-state index in [0.29, 0.717) is 0 Å². The molecular formula is C21H17N. The zero-order chi connectivity index (χ0) is 14.9. The van der Waals surface area contributed by atoms with Crippen LogP contribution in [0.1, 0.15) is 16.7 Å². The molecule has 2 aromatic carbocycles. The Bertz CT molecular complexity index is 984. The van der Waals surface area contributed by atoms with Gasteiger partial charge < -0.3 is 4.40 Å². The number of pyridine rings is 1. The van der Waals surface area contributed by atoms with Crippen molar-refractivity contribution in [3.8, 4) is 0 Å². The van der Waals surface area contributed by atoms with E-state index in [0.717, 1.165) is 0 Å². The van der Waals surface area contributed by atoms with Crippen molar-refractivity contribution in [1.82, 2.24) is 4.40 Å². The summed E-state index contributed by atoms with van der Waals surface area (Å²) in [7, 11) is 0. The third-order valence-electron chi connectivity index (χ3n) is 4.15. The fourth-order valence-electron chi connectivity index (χ4n) is 2.98. The first-order chi connectivity index (χ1) is 10.8. The normalized spacial score (nSPS) is 11.7. The number of nitrogens with zero attached hydrogens (tertiary/aromatic N) is 1. The highest BCUT2D eigenvalue weighted by molar-refractivity contribution is 5.92. The minimum atomic E-state index is 1.22. The summed E-state index contributed by atoms with van der Waals surface area (Å²) in [5.74, 6) is 0. The van der Waals surface area contributed by atoms with Crippen molar-refractivity contribution < 1.29 is 0 Å². The maximum Gasteiger partial charge on any atom is 0.0485 e. The number of benzene rings is 2. The average Bonchev–Trinajstić information content (AvgIpc) is 2.97. The van der Waals surface area contributed by atoms with Crippen LogP contribution in [0, 0.1) is 6.92 Å². The molecule has 0 aliphatic rings. The molecule has 0 fully saturated rings. The van der Waals surface area contributed by atoms with E-state index >= 15 is 0 Å². The Kier molecular flexibility index (Phi) is 3.05. The summed E-state index contributed by atoms with van der Waals surface area (Å²) in [5.41, 5.74) is 5.04. The zero-order valence-electron chi connectivity index (χ0n) is 12.5. The van der Waals surface area contributed by atoms with Crippen LogP contribution in [0.15, 0.2) is 73.1 Å². The monoisotopic (exact) mass is 283 g/mol. The van der Waals surface area contributed by atoms with Crippen molar-refractivity contribution in [3.63, 3.8) is 0 Å². The lowest BCUT2D eigenvalue weighted by molar-refractivity contribution is 1.18. The van der Waals surface area contributed by atoms with Crippen LogP contribution in [0.4, 0.5) is 0 Å². The Morgan fingerprint density at radius 2 is 1.73 bits per heavy atom. The highest BCUT2D eigenvalue weighted by atomic mass is 14.9. The van der Waals surface area contributed by atoms with Crippen molar-refractivity contribution in [2.75, 3.05) is 0 Å². The maximum absolute atomic E-state index is 2.23. The lowest BCUT2D eigenvalue weighted by Crippen LogP contribution is -1.81. The van der Waals surface area contributed by atoms with Gasteiger partial charge in [-0.3, -0.25) is 0 Å². The molecule has 0 N–H and O–H groups in total. The molecule has 0 saturated carbocycles. The highest BCUT2D eigenvalue weighted by Gasteiger charge is 2.00. The Morgan fingerprint density at radius 3 is 2.64 bits per heavy atom. The first kappa shape index (κ1) is 12.9. The third kappa shape index (κ3) is 2.21. The summed E-state index contributed by atoms with van der Waals surface area (Å²) in [6.07, 6.45) is 8.65. The van der Waals surface area contributed by atoms with E-state index in [2.05, 4.69) is 96.5 Å². The molecule has 0 unspecified atom stereocenters. The van der Waals surface area contributed by atoms with Crippen molar-refractivity contribution in [3.05, 3.63) is 89.7 Å². The van der Waals surface area contributed by atoms with Crippen LogP contribution >= 0.6 is 0 Å². The predicted molar refractivity (Wildman–Crippen MR) is 95.0 cm³/mol. The van der Waals surface area contributed by atoms with E-state index in [1.165, 1.54) is 33.0 Å². The molecular weight excluding hydrogens is 266 g/mol. The minimum absolute atomic E-state index is 1.22. The molecule has 0 saturated heterocycles. The number of aromatic nitrogens is 1. The van der Waals surface area contributed by atoms with E-state index in [-0.39, 0.29) is 0 Å². The summed E-state index contributed by atoms with van der Waals surface area (Å²) < 4.78 is 2.18. The molecule has 0 atom stereocenters. The molecule has 4 rings (SSSR count). The van der Waals surface area contributed by atoms with Gasteiger partial charge in [0, 0.05) is 17.9 Å². The highest BCUT2D eigenvalue weighted by Crippen LogP contribution is 2.21. The van der Waals surface area contributed by atoms with Gasteiger partial charge in [0.2, 0.25) is 0 Å². The lowest BCUT2D eigenvalue weighted by Gasteiger charge is -2.01. The summed E-state index contributed by atoms with van der Waals surface area (Å²) in [6, 6.07) is 21.4. The molecule has 1 nitrogen and oxygen atoms in total. The topological polar surface area (TPSA) is 4.41 Å². The number of aryl methyl sites for hydroxylation is 1. The molecule has 106 valence electrons. The van der Waals surface area contributed by atoms with Gasteiger partial charge in [0.15, 0.2) is 0 Å². The second kappa shape index (κ2) is 5.19. The van der Waals surface area contributed by atoms with Crippen LogP contribution in [0.3, 0.4) is 0 Å². The van der Waals surface area contributed by atoms with Crippen molar-refractivity contribution in [2.45, 2.75) is 6.92 Å². The Balaban J connectivity index is 1.77. The minimum Gasteiger partial charge on any atom is -0.323 e. The number of rotatable bonds is 2. The Morgan fingerprint density at radius 1 is 0.864 bits per heavy atom. The van der Waals surface area contributed by atoms with Gasteiger partial charge in [-0.05, 0) is 46.5 Å². The van der Waals surface area contributed by atoms with Crippen molar-refractivity contribution >= 4 is 28.4 Å². The summed E-state index contributed by atoms with van der Waals surface area (Å²) >= 11 is 0. The van der Waals surface area contributed by atoms with E-state index in [9.17, 15) is 0 Å². The first-order valence-corrected chi connectivity index (χ1v) is 7.54. The zero-order valence-corrected chi connectivity index (χ0v) is 12.5. The summed E-state index contributed by atoms with van der Waals surface area (Å²) in [6.45, 7) is 2.15. The molecule has 4 aromatic rings. The number of fused-ring (bicyclic) bond motifs is 2. The van der Waals surface area contributed by atoms with Crippen molar-refractivity contribution in [1.29, 1.82) is 0 Å². The van der Waals surface area contributed by atoms with Gasteiger partial charge in [0.25, 0.3) is 0 Å². The smallest absolute Gasteiger partial charge is 0.0485 e. The SMILES string of the molecule is Cc1cccn2cc(C=Cc3cccc4ccccc34)cc12. The number of hydrogen-bond acceptors (Lipinski definition) is 0. The van der Waals surface area contributed by atoms with Crippen LogP contribution in [0.5, 0.6) is 0 Å². The van der Waals surface area contributed by atoms with Crippen molar-refractivity contribution in [2.24, 2.45) is 0 Å². The number of hydrogen-bond donors (Lipinski definition) is 0. The molecule has 22 heavy (non-hydrogen) atoms. The van der Waals surface area contributed by atoms with Gasteiger partial charge in [-0.1, -0.05) is 60.7 Å². The Hall–Kier alpha value is -2.80. The molecule has 0 bridgehead atoms. The van der Waals surface area contributed by atoms with Crippen LogP contribution in [-0.4, -0.2) is 4.40 Å². The average molecular weight is 283 g/mol. The Labute approximate surface area is 130 Å². The fraction of sp³-hybridized carbons (Fsp3) is 0.0476. The maximum atomic E-state index is 2.23. The van der Waals surface area contributed by atoms with Crippen LogP contribution < -0.4 is 0 Å². The summed E-state index contributed by atoms with van der Waals surface area (Å²) in [5, 5.41) is 2.57. The predicted octanol–water partition coefficient (Wildman–Crippen LogP) is 5.57. The quantitative estimate of drug-likeness (QED) is 0.453. The van der Waals surface area contributed by atoms with Gasteiger partial charge in [-0.25, -0.2) is 0 Å².